The number of nitrogens with zero attached hydrogens (tertiary/aromatic N) is 2. The highest BCUT2D eigenvalue weighted by molar-refractivity contribution is 7.99. The second-order valence-corrected chi connectivity index (χ2v) is 4.17. The van der Waals surface area contributed by atoms with Crippen LogP contribution in [0.1, 0.15) is 5.82 Å². The number of carboxylic acids is 1. The molecule has 0 radical (unpaired) electrons. The van der Waals surface area contributed by atoms with E-state index in [1.165, 1.54) is 11.8 Å². The number of hydrogen-bond acceptors (Lipinski definition) is 5. The molecule has 7 heteroatoms. The van der Waals surface area contributed by atoms with Crippen LogP contribution in [-0.2, 0) is 11.8 Å². The van der Waals surface area contributed by atoms with Crippen molar-refractivity contribution < 1.29 is 9.90 Å². The number of hydrogen-bond donors (Lipinski definition) is 3. The van der Waals surface area contributed by atoms with E-state index >= 15 is 0 Å². The molecule has 1 aromatic rings. The Morgan fingerprint density at radius 3 is 2.73 bits per heavy atom. The lowest BCUT2D eigenvalue weighted by Gasteiger charge is -2.04. The topological polar surface area (TPSA) is 107 Å². The smallest absolute Gasteiger partial charge is 0.321 e. The molecule has 1 atom stereocenters. The largest absolute Gasteiger partial charge is 0.480 e. The third kappa shape index (κ3) is 2.63. The van der Waals surface area contributed by atoms with Gasteiger partial charge in [-0.1, -0.05) is 0 Å². The fraction of sp³-hybridized carbons (Fsp3) is 0.500. The molecule has 1 heterocycles. The predicted molar refractivity (Wildman–Crippen MR) is 58.7 cm³/mol. The van der Waals surface area contributed by atoms with E-state index in [-0.39, 0.29) is 5.75 Å². The number of aryl methyl sites for hydroxylation is 1. The van der Waals surface area contributed by atoms with Crippen LogP contribution in [0.5, 0.6) is 0 Å². The number of aromatic nitrogens is 2. The summed E-state index contributed by atoms with van der Waals surface area (Å²) in [7, 11) is 1.80. The average molecular weight is 230 g/mol. The van der Waals surface area contributed by atoms with E-state index in [4.69, 9.17) is 16.6 Å². The van der Waals surface area contributed by atoms with Crippen molar-refractivity contribution in [3.05, 3.63) is 5.82 Å². The molecule has 0 aliphatic carbocycles. The van der Waals surface area contributed by atoms with E-state index in [2.05, 4.69) is 4.98 Å². The SMILES string of the molecule is Cc1nc(SC[C@H](N)C(=O)O)c(N)n1C. The van der Waals surface area contributed by atoms with Gasteiger partial charge in [0.15, 0.2) is 0 Å². The van der Waals surface area contributed by atoms with Crippen LogP contribution in [0.3, 0.4) is 0 Å². The van der Waals surface area contributed by atoms with Crippen molar-refractivity contribution in [3.8, 4) is 0 Å². The number of thioether (sulfide) groups is 1. The number of carbonyl (C=O) groups is 1. The van der Waals surface area contributed by atoms with Gasteiger partial charge in [0.05, 0.1) is 0 Å². The van der Waals surface area contributed by atoms with Crippen molar-refractivity contribution in [2.45, 2.75) is 18.0 Å². The minimum Gasteiger partial charge on any atom is -0.480 e. The molecule has 0 spiro atoms. The predicted octanol–water partition coefficient (Wildman–Crippen LogP) is -0.185. The van der Waals surface area contributed by atoms with Crippen molar-refractivity contribution in [2.24, 2.45) is 12.8 Å². The highest BCUT2D eigenvalue weighted by Crippen LogP contribution is 2.24. The number of anilines is 1. The van der Waals surface area contributed by atoms with E-state index in [9.17, 15) is 4.79 Å². The van der Waals surface area contributed by atoms with Gasteiger partial charge in [-0.3, -0.25) is 4.79 Å². The van der Waals surface area contributed by atoms with Crippen molar-refractivity contribution in [2.75, 3.05) is 11.5 Å². The van der Waals surface area contributed by atoms with Gasteiger partial charge in [-0.05, 0) is 6.92 Å². The third-order valence-corrected chi connectivity index (χ3v) is 3.15. The molecule has 0 aromatic carbocycles. The van der Waals surface area contributed by atoms with Crippen molar-refractivity contribution >= 4 is 23.5 Å². The molecule has 1 aromatic heterocycles. The van der Waals surface area contributed by atoms with Gasteiger partial charge >= 0.3 is 5.97 Å². The maximum atomic E-state index is 10.5. The molecule has 0 bridgehead atoms. The van der Waals surface area contributed by atoms with Gasteiger partial charge in [-0.2, -0.15) is 0 Å². The first-order valence-corrected chi connectivity index (χ1v) is 5.32. The van der Waals surface area contributed by atoms with Crippen molar-refractivity contribution in [1.82, 2.24) is 9.55 Å². The number of imidazole rings is 1. The molecule has 0 saturated carbocycles. The summed E-state index contributed by atoms with van der Waals surface area (Å²) in [6.07, 6.45) is 0. The molecular formula is C8H14N4O2S. The first-order chi connectivity index (χ1) is 6.93. The molecule has 0 unspecified atom stereocenters. The van der Waals surface area contributed by atoms with E-state index in [1.54, 1.807) is 11.6 Å². The van der Waals surface area contributed by atoms with E-state index in [0.717, 1.165) is 5.82 Å². The molecule has 0 amide bonds. The Morgan fingerprint density at radius 2 is 2.33 bits per heavy atom. The highest BCUT2D eigenvalue weighted by Gasteiger charge is 2.15. The number of carboxylic acid groups (broad SMARTS) is 1. The zero-order valence-electron chi connectivity index (χ0n) is 8.60. The van der Waals surface area contributed by atoms with Gasteiger partial charge in [-0.15, -0.1) is 11.8 Å². The minimum atomic E-state index is -1.02. The van der Waals surface area contributed by atoms with Crippen molar-refractivity contribution in [1.29, 1.82) is 0 Å². The maximum Gasteiger partial charge on any atom is 0.321 e. The van der Waals surface area contributed by atoms with Gasteiger partial charge in [0.2, 0.25) is 0 Å². The summed E-state index contributed by atoms with van der Waals surface area (Å²) in [6, 6.07) is -0.892. The number of nitrogen functional groups attached to an aromatic ring is 1. The van der Waals surface area contributed by atoms with E-state index in [0.29, 0.717) is 10.8 Å². The second-order valence-electron chi connectivity index (χ2n) is 3.16. The molecule has 5 N–H and O–H groups in total. The standard InChI is InChI=1S/C8H14N4O2S/c1-4-11-7(6(10)12(4)2)15-3-5(9)8(13)14/h5H,3,9-10H2,1-2H3,(H,13,14)/t5-/m0/s1. The van der Waals surface area contributed by atoms with Crippen molar-refractivity contribution in [3.63, 3.8) is 0 Å². The Hall–Kier alpha value is -1.21. The fourth-order valence-electron chi connectivity index (χ4n) is 0.943. The number of nitrogens with two attached hydrogens (primary N) is 2. The molecule has 6 nitrogen and oxygen atoms in total. The third-order valence-electron chi connectivity index (χ3n) is 2.05. The summed E-state index contributed by atoms with van der Waals surface area (Å²) in [5, 5.41) is 9.23. The van der Waals surface area contributed by atoms with Gasteiger partial charge < -0.3 is 21.1 Å². The Morgan fingerprint density at radius 1 is 1.73 bits per heavy atom. The van der Waals surface area contributed by atoms with Gasteiger partial charge in [0, 0.05) is 12.8 Å². The molecule has 0 aliphatic heterocycles. The summed E-state index contributed by atoms with van der Waals surface area (Å²) in [5.74, 6) is 0.568. The van der Waals surface area contributed by atoms with Crippen LogP contribution in [0.25, 0.3) is 0 Å². The van der Waals surface area contributed by atoms with Gasteiger partial charge in [0.1, 0.15) is 22.7 Å². The number of aliphatic carboxylic acids is 1. The summed E-state index contributed by atoms with van der Waals surface area (Å²) >= 11 is 1.26. The number of rotatable bonds is 4. The van der Waals surface area contributed by atoms with Gasteiger partial charge in [-0.25, -0.2) is 4.98 Å². The Balaban J connectivity index is 2.66. The van der Waals surface area contributed by atoms with Crippen LogP contribution in [0.2, 0.25) is 0 Å². The van der Waals surface area contributed by atoms with Crippen LogP contribution >= 0.6 is 11.8 Å². The Kier molecular flexibility index (Phi) is 3.59. The molecule has 0 aliphatic rings. The minimum absolute atomic E-state index is 0.260. The highest BCUT2D eigenvalue weighted by atomic mass is 32.2. The summed E-state index contributed by atoms with van der Waals surface area (Å²) in [6.45, 7) is 1.83. The Labute approximate surface area is 91.7 Å². The van der Waals surface area contributed by atoms with Crippen LogP contribution < -0.4 is 11.5 Å². The first-order valence-electron chi connectivity index (χ1n) is 4.33. The first kappa shape index (κ1) is 11.9. The molecule has 84 valence electrons. The van der Waals surface area contributed by atoms with Crippen LogP contribution in [0, 0.1) is 6.92 Å². The zero-order valence-corrected chi connectivity index (χ0v) is 9.41. The normalized spacial score (nSPS) is 12.7. The Bertz CT molecular complexity index is 377. The molecule has 1 rings (SSSR count). The molecule has 0 fully saturated rings. The molecule has 15 heavy (non-hydrogen) atoms. The van der Waals surface area contributed by atoms with E-state index < -0.39 is 12.0 Å². The lowest BCUT2D eigenvalue weighted by Crippen LogP contribution is -2.32. The summed E-state index contributed by atoms with van der Waals surface area (Å²) in [4.78, 5) is 14.7. The van der Waals surface area contributed by atoms with Crippen LogP contribution in [-0.4, -0.2) is 32.4 Å². The lowest BCUT2D eigenvalue weighted by atomic mass is 10.4. The molecule has 0 saturated heterocycles. The maximum absolute atomic E-state index is 10.5. The van der Waals surface area contributed by atoms with Crippen LogP contribution in [0.15, 0.2) is 5.03 Å². The monoisotopic (exact) mass is 230 g/mol. The van der Waals surface area contributed by atoms with Crippen LogP contribution in [0.4, 0.5) is 5.82 Å². The fourth-order valence-corrected chi connectivity index (χ4v) is 1.90. The lowest BCUT2D eigenvalue weighted by molar-refractivity contribution is -0.137. The average Bonchev–Trinajstić information content (AvgIpc) is 2.42. The quantitative estimate of drug-likeness (QED) is 0.619. The zero-order chi connectivity index (χ0) is 11.6. The molecular weight excluding hydrogens is 216 g/mol. The summed E-state index contributed by atoms with van der Waals surface area (Å²) < 4.78 is 1.74. The second kappa shape index (κ2) is 4.54. The van der Waals surface area contributed by atoms with Gasteiger partial charge in [0.25, 0.3) is 0 Å². The van der Waals surface area contributed by atoms with E-state index in [1.807, 2.05) is 6.92 Å². The summed E-state index contributed by atoms with van der Waals surface area (Å²) in [5.41, 5.74) is 11.1.